The molecule has 3 heteroatoms. The second kappa shape index (κ2) is 8.64. The molecule has 22 heavy (non-hydrogen) atoms. The first-order valence-corrected chi connectivity index (χ1v) is 8.69. The molecule has 0 atom stereocenters. The van der Waals surface area contributed by atoms with E-state index < -0.39 is 0 Å². The fourth-order valence-corrected chi connectivity index (χ4v) is 3.33. The van der Waals surface area contributed by atoms with Crippen LogP contribution in [-0.2, 0) is 0 Å². The van der Waals surface area contributed by atoms with Crippen LogP contribution in [0.25, 0.3) is 0 Å². The van der Waals surface area contributed by atoms with Gasteiger partial charge in [-0.3, -0.25) is 4.79 Å². The molecule has 0 aliphatic carbocycles. The van der Waals surface area contributed by atoms with Crippen LogP contribution in [0, 0.1) is 0 Å². The van der Waals surface area contributed by atoms with Crippen molar-refractivity contribution in [2.24, 2.45) is 0 Å². The van der Waals surface area contributed by atoms with E-state index in [0.29, 0.717) is 0 Å². The second-order valence-corrected chi connectivity index (χ2v) is 6.32. The molecule has 0 aromatic heterocycles. The standard InChI is InChI=1S/C19H23NOS/c1-3-14-20(15-4-2)19(21)17-12-8-9-13-18(17)22-16-10-6-5-7-11-16/h5-13H,3-4,14-15H2,1-2H3. The van der Waals surface area contributed by atoms with Gasteiger partial charge in [-0.25, -0.2) is 0 Å². The predicted octanol–water partition coefficient (Wildman–Crippen LogP) is 5.10. The monoisotopic (exact) mass is 313 g/mol. The third-order valence-corrected chi connectivity index (χ3v) is 4.45. The molecule has 0 unspecified atom stereocenters. The Hall–Kier alpha value is -1.74. The summed E-state index contributed by atoms with van der Waals surface area (Å²) < 4.78 is 0. The molecule has 2 aromatic rings. The molecular formula is C19H23NOS. The van der Waals surface area contributed by atoms with Gasteiger partial charge in [-0.05, 0) is 37.1 Å². The van der Waals surface area contributed by atoms with Crippen LogP contribution < -0.4 is 0 Å². The number of rotatable bonds is 7. The number of carbonyl (C=O) groups is 1. The maximum atomic E-state index is 12.8. The third-order valence-electron chi connectivity index (χ3n) is 3.36. The van der Waals surface area contributed by atoms with Crippen molar-refractivity contribution in [1.29, 1.82) is 0 Å². The average molecular weight is 313 g/mol. The number of hydrogen-bond acceptors (Lipinski definition) is 2. The third kappa shape index (κ3) is 4.38. The van der Waals surface area contributed by atoms with Gasteiger partial charge in [0.15, 0.2) is 0 Å². The van der Waals surface area contributed by atoms with Crippen molar-refractivity contribution in [1.82, 2.24) is 4.90 Å². The van der Waals surface area contributed by atoms with Crippen LogP contribution in [0.15, 0.2) is 64.4 Å². The highest BCUT2D eigenvalue weighted by molar-refractivity contribution is 7.99. The van der Waals surface area contributed by atoms with E-state index in [9.17, 15) is 4.79 Å². The van der Waals surface area contributed by atoms with Crippen molar-refractivity contribution in [2.75, 3.05) is 13.1 Å². The van der Waals surface area contributed by atoms with E-state index in [0.717, 1.165) is 41.3 Å². The second-order valence-electron chi connectivity index (χ2n) is 5.20. The Kier molecular flexibility index (Phi) is 6.53. The number of benzene rings is 2. The van der Waals surface area contributed by atoms with Crippen LogP contribution in [0.1, 0.15) is 37.0 Å². The number of nitrogens with zero attached hydrogens (tertiary/aromatic N) is 1. The van der Waals surface area contributed by atoms with Crippen molar-refractivity contribution >= 4 is 17.7 Å². The summed E-state index contributed by atoms with van der Waals surface area (Å²) in [6.45, 7) is 5.86. The molecule has 0 N–H and O–H groups in total. The van der Waals surface area contributed by atoms with Gasteiger partial charge in [0, 0.05) is 22.9 Å². The zero-order valence-corrected chi connectivity index (χ0v) is 14.1. The SMILES string of the molecule is CCCN(CCC)C(=O)c1ccccc1Sc1ccccc1. The Morgan fingerprint density at radius 1 is 0.909 bits per heavy atom. The summed E-state index contributed by atoms with van der Waals surface area (Å²) in [6, 6.07) is 18.1. The predicted molar refractivity (Wildman–Crippen MR) is 93.5 cm³/mol. The van der Waals surface area contributed by atoms with Crippen LogP contribution in [0.3, 0.4) is 0 Å². The highest BCUT2D eigenvalue weighted by Gasteiger charge is 2.17. The first-order valence-electron chi connectivity index (χ1n) is 7.87. The molecule has 2 rings (SSSR count). The van der Waals surface area contributed by atoms with Gasteiger partial charge >= 0.3 is 0 Å². The lowest BCUT2D eigenvalue weighted by molar-refractivity contribution is 0.0752. The van der Waals surface area contributed by atoms with Gasteiger partial charge in [0.2, 0.25) is 0 Å². The largest absolute Gasteiger partial charge is 0.339 e. The molecular weight excluding hydrogens is 290 g/mol. The summed E-state index contributed by atoms with van der Waals surface area (Å²) in [6.07, 6.45) is 1.97. The normalized spacial score (nSPS) is 10.5. The molecule has 0 spiro atoms. The zero-order valence-electron chi connectivity index (χ0n) is 13.3. The minimum absolute atomic E-state index is 0.141. The van der Waals surface area contributed by atoms with E-state index >= 15 is 0 Å². The fraction of sp³-hybridized carbons (Fsp3) is 0.316. The topological polar surface area (TPSA) is 20.3 Å². The van der Waals surface area contributed by atoms with Crippen LogP contribution in [0.2, 0.25) is 0 Å². The Labute approximate surface area is 137 Å². The molecule has 0 aliphatic heterocycles. The van der Waals surface area contributed by atoms with E-state index in [1.54, 1.807) is 11.8 Å². The number of carbonyl (C=O) groups excluding carboxylic acids is 1. The van der Waals surface area contributed by atoms with Gasteiger partial charge in [-0.15, -0.1) is 0 Å². The Morgan fingerprint density at radius 3 is 2.14 bits per heavy atom. The van der Waals surface area contributed by atoms with E-state index in [-0.39, 0.29) is 5.91 Å². The van der Waals surface area contributed by atoms with Crippen LogP contribution in [-0.4, -0.2) is 23.9 Å². The van der Waals surface area contributed by atoms with Crippen LogP contribution in [0.5, 0.6) is 0 Å². The molecule has 116 valence electrons. The molecule has 2 nitrogen and oxygen atoms in total. The molecule has 0 fully saturated rings. The lowest BCUT2D eigenvalue weighted by Crippen LogP contribution is -2.32. The van der Waals surface area contributed by atoms with Gasteiger partial charge in [-0.2, -0.15) is 0 Å². The van der Waals surface area contributed by atoms with Crippen LogP contribution >= 0.6 is 11.8 Å². The summed E-state index contributed by atoms with van der Waals surface area (Å²) in [7, 11) is 0. The van der Waals surface area contributed by atoms with Crippen molar-refractivity contribution in [3.05, 3.63) is 60.2 Å². The van der Waals surface area contributed by atoms with Crippen molar-refractivity contribution in [3.8, 4) is 0 Å². The van der Waals surface area contributed by atoms with Gasteiger partial charge in [-0.1, -0.05) is 55.9 Å². The molecule has 0 bridgehead atoms. The van der Waals surface area contributed by atoms with Gasteiger partial charge in [0.25, 0.3) is 5.91 Å². The molecule has 1 amide bonds. The minimum Gasteiger partial charge on any atom is -0.339 e. The van der Waals surface area contributed by atoms with E-state index in [1.165, 1.54) is 0 Å². The van der Waals surface area contributed by atoms with E-state index in [1.807, 2.05) is 47.4 Å². The highest BCUT2D eigenvalue weighted by atomic mass is 32.2. The lowest BCUT2D eigenvalue weighted by atomic mass is 10.2. The number of hydrogen-bond donors (Lipinski definition) is 0. The molecule has 0 aliphatic rings. The van der Waals surface area contributed by atoms with Crippen molar-refractivity contribution < 1.29 is 4.79 Å². The Bertz CT molecular complexity index is 591. The van der Waals surface area contributed by atoms with E-state index in [4.69, 9.17) is 0 Å². The maximum absolute atomic E-state index is 12.8. The van der Waals surface area contributed by atoms with E-state index in [2.05, 4.69) is 26.0 Å². The molecule has 0 heterocycles. The first kappa shape index (κ1) is 16.6. The summed E-state index contributed by atoms with van der Waals surface area (Å²) >= 11 is 1.65. The van der Waals surface area contributed by atoms with Crippen molar-refractivity contribution in [3.63, 3.8) is 0 Å². The highest BCUT2D eigenvalue weighted by Crippen LogP contribution is 2.30. The minimum atomic E-state index is 0.141. The zero-order chi connectivity index (χ0) is 15.8. The molecule has 0 saturated heterocycles. The maximum Gasteiger partial charge on any atom is 0.255 e. The summed E-state index contributed by atoms with van der Waals surface area (Å²) in [4.78, 5) is 17.0. The van der Waals surface area contributed by atoms with Gasteiger partial charge in [0.05, 0.1) is 5.56 Å². The Morgan fingerprint density at radius 2 is 1.50 bits per heavy atom. The first-order chi connectivity index (χ1) is 10.8. The Balaban J connectivity index is 2.25. The summed E-state index contributed by atoms with van der Waals surface area (Å²) in [5.74, 6) is 0.141. The quantitative estimate of drug-likeness (QED) is 0.709. The van der Waals surface area contributed by atoms with Gasteiger partial charge in [0.1, 0.15) is 0 Å². The molecule has 0 saturated carbocycles. The summed E-state index contributed by atoms with van der Waals surface area (Å²) in [5, 5.41) is 0. The van der Waals surface area contributed by atoms with Gasteiger partial charge < -0.3 is 4.90 Å². The average Bonchev–Trinajstić information content (AvgIpc) is 2.55. The smallest absolute Gasteiger partial charge is 0.255 e. The summed E-state index contributed by atoms with van der Waals surface area (Å²) in [5.41, 5.74) is 0.804. The molecule has 2 aromatic carbocycles. The van der Waals surface area contributed by atoms with Crippen LogP contribution in [0.4, 0.5) is 0 Å². The van der Waals surface area contributed by atoms with Crippen molar-refractivity contribution in [2.45, 2.75) is 36.5 Å². The lowest BCUT2D eigenvalue weighted by Gasteiger charge is -2.22. The fourth-order valence-electron chi connectivity index (χ4n) is 2.37. The number of amides is 1. The molecule has 0 radical (unpaired) electrons.